The Morgan fingerprint density at radius 2 is 2.15 bits per heavy atom. The zero-order valence-electron chi connectivity index (χ0n) is 11.1. The second-order valence-electron chi connectivity index (χ2n) is 5.10. The van der Waals surface area contributed by atoms with Gasteiger partial charge in [0.15, 0.2) is 0 Å². The Hall–Kier alpha value is -1.75. The molecule has 2 rings (SSSR count). The molecular weight excluding hydrogens is 280 g/mol. The number of carbonyl (C=O) groups excluding carboxylic acids is 1. The van der Waals surface area contributed by atoms with Crippen molar-refractivity contribution in [2.24, 2.45) is 5.92 Å². The average Bonchev–Trinajstić information content (AvgIpc) is 3.16. The van der Waals surface area contributed by atoms with Gasteiger partial charge in [0.05, 0.1) is 6.42 Å². The van der Waals surface area contributed by atoms with Gasteiger partial charge in [-0.15, -0.1) is 0 Å². The molecule has 1 saturated carbocycles. The van der Waals surface area contributed by atoms with Gasteiger partial charge < -0.3 is 15.7 Å². The van der Waals surface area contributed by atoms with Gasteiger partial charge in [-0.25, -0.2) is 4.79 Å². The predicted octanol–water partition coefficient (Wildman–Crippen LogP) is 3.02. The highest BCUT2D eigenvalue weighted by Gasteiger charge is 2.33. The van der Waals surface area contributed by atoms with E-state index in [0.717, 1.165) is 18.4 Å². The topological polar surface area (TPSA) is 78.4 Å². The third-order valence-corrected chi connectivity index (χ3v) is 3.58. The van der Waals surface area contributed by atoms with E-state index in [1.54, 1.807) is 12.1 Å². The molecule has 0 heterocycles. The van der Waals surface area contributed by atoms with Crippen LogP contribution < -0.4 is 10.6 Å². The number of anilines is 1. The summed E-state index contributed by atoms with van der Waals surface area (Å²) in [5.74, 6) is -0.626. The first-order chi connectivity index (χ1) is 9.45. The standard InChI is InChI=1S/C14H17ClN2O3/c1-8-2-5-10(15)6-11(8)16-14(20)17-12(7-13(18)19)9-3-4-9/h2,5-6,9,12H,3-4,7H2,1H3,(H,18,19)(H2,16,17,20). The Balaban J connectivity index is 1.96. The summed E-state index contributed by atoms with van der Waals surface area (Å²) in [6.07, 6.45) is 1.88. The molecule has 0 saturated heterocycles. The lowest BCUT2D eigenvalue weighted by Crippen LogP contribution is -2.40. The van der Waals surface area contributed by atoms with Gasteiger partial charge in [-0.2, -0.15) is 0 Å². The number of carbonyl (C=O) groups is 2. The van der Waals surface area contributed by atoms with Gasteiger partial charge in [-0.1, -0.05) is 17.7 Å². The first-order valence-electron chi connectivity index (χ1n) is 6.51. The lowest BCUT2D eigenvalue weighted by molar-refractivity contribution is -0.137. The van der Waals surface area contributed by atoms with E-state index in [-0.39, 0.29) is 18.4 Å². The summed E-state index contributed by atoms with van der Waals surface area (Å²) < 4.78 is 0. The van der Waals surface area contributed by atoms with Gasteiger partial charge in [-0.3, -0.25) is 4.79 Å². The van der Waals surface area contributed by atoms with Crippen LogP contribution in [0.4, 0.5) is 10.5 Å². The minimum atomic E-state index is -0.902. The molecule has 0 radical (unpaired) electrons. The van der Waals surface area contributed by atoms with Crippen LogP contribution in [-0.2, 0) is 4.79 Å². The number of hydrogen-bond acceptors (Lipinski definition) is 2. The predicted molar refractivity (Wildman–Crippen MR) is 77.1 cm³/mol. The normalized spacial score (nSPS) is 15.5. The van der Waals surface area contributed by atoms with Crippen LogP contribution in [0.5, 0.6) is 0 Å². The number of aryl methyl sites for hydroxylation is 1. The molecule has 3 N–H and O–H groups in total. The first-order valence-corrected chi connectivity index (χ1v) is 6.89. The van der Waals surface area contributed by atoms with Crippen molar-refractivity contribution in [3.8, 4) is 0 Å². The zero-order chi connectivity index (χ0) is 14.7. The summed E-state index contributed by atoms with van der Waals surface area (Å²) in [6, 6.07) is 4.52. The zero-order valence-corrected chi connectivity index (χ0v) is 11.9. The highest BCUT2D eigenvalue weighted by molar-refractivity contribution is 6.31. The molecule has 0 bridgehead atoms. The molecule has 0 spiro atoms. The van der Waals surface area contributed by atoms with Crippen molar-refractivity contribution in [1.82, 2.24) is 5.32 Å². The van der Waals surface area contributed by atoms with Gasteiger partial charge in [0.25, 0.3) is 0 Å². The highest BCUT2D eigenvalue weighted by Crippen LogP contribution is 2.34. The third-order valence-electron chi connectivity index (χ3n) is 3.35. The smallest absolute Gasteiger partial charge is 0.319 e. The van der Waals surface area contributed by atoms with Crippen molar-refractivity contribution >= 4 is 29.3 Å². The summed E-state index contributed by atoms with van der Waals surface area (Å²) in [4.78, 5) is 22.7. The number of carboxylic acid groups (broad SMARTS) is 1. The summed E-state index contributed by atoms with van der Waals surface area (Å²) >= 11 is 5.89. The number of halogens is 1. The number of rotatable bonds is 5. The molecule has 20 heavy (non-hydrogen) atoms. The minimum absolute atomic E-state index is 0.0490. The Morgan fingerprint density at radius 3 is 2.75 bits per heavy atom. The molecule has 5 nitrogen and oxygen atoms in total. The van der Waals surface area contributed by atoms with E-state index < -0.39 is 12.0 Å². The van der Waals surface area contributed by atoms with Crippen LogP contribution in [0.2, 0.25) is 5.02 Å². The van der Waals surface area contributed by atoms with Crippen LogP contribution >= 0.6 is 11.6 Å². The SMILES string of the molecule is Cc1ccc(Cl)cc1NC(=O)NC(CC(=O)O)C1CC1. The molecule has 1 atom stereocenters. The van der Waals surface area contributed by atoms with E-state index in [9.17, 15) is 9.59 Å². The van der Waals surface area contributed by atoms with Gasteiger partial charge in [0, 0.05) is 16.8 Å². The van der Waals surface area contributed by atoms with E-state index >= 15 is 0 Å². The maximum atomic E-state index is 11.9. The van der Waals surface area contributed by atoms with Crippen molar-refractivity contribution in [3.05, 3.63) is 28.8 Å². The molecular formula is C14H17ClN2O3. The molecule has 1 aliphatic carbocycles. The molecule has 1 unspecified atom stereocenters. The van der Waals surface area contributed by atoms with Crippen molar-refractivity contribution < 1.29 is 14.7 Å². The number of nitrogens with one attached hydrogen (secondary N) is 2. The van der Waals surface area contributed by atoms with Crippen LogP contribution in [-0.4, -0.2) is 23.1 Å². The molecule has 0 aromatic heterocycles. The average molecular weight is 297 g/mol. The second-order valence-corrected chi connectivity index (χ2v) is 5.54. The molecule has 6 heteroatoms. The van der Waals surface area contributed by atoms with Crippen LogP contribution in [0.1, 0.15) is 24.8 Å². The van der Waals surface area contributed by atoms with Gasteiger partial charge in [0.2, 0.25) is 0 Å². The van der Waals surface area contributed by atoms with E-state index in [4.69, 9.17) is 16.7 Å². The quantitative estimate of drug-likeness (QED) is 0.781. The molecule has 1 fully saturated rings. The van der Waals surface area contributed by atoms with E-state index in [1.807, 2.05) is 13.0 Å². The monoisotopic (exact) mass is 296 g/mol. The first kappa shape index (κ1) is 14.7. The van der Waals surface area contributed by atoms with Crippen LogP contribution in [0.25, 0.3) is 0 Å². The van der Waals surface area contributed by atoms with Crippen LogP contribution in [0.3, 0.4) is 0 Å². The fraction of sp³-hybridized carbons (Fsp3) is 0.429. The molecule has 108 valence electrons. The van der Waals surface area contributed by atoms with Gasteiger partial charge in [-0.05, 0) is 43.4 Å². The number of carboxylic acids is 1. The van der Waals surface area contributed by atoms with Crippen molar-refractivity contribution in [3.63, 3.8) is 0 Å². The molecule has 0 aliphatic heterocycles. The fourth-order valence-corrected chi connectivity index (χ4v) is 2.25. The fourth-order valence-electron chi connectivity index (χ4n) is 2.08. The summed E-state index contributed by atoms with van der Waals surface area (Å²) in [5, 5.41) is 14.8. The molecule has 1 aromatic carbocycles. The van der Waals surface area contributed by atoms with Crippen molar-refractivity contribution in [1.29, 1.82) is 0 Å². The maximum Gasteiger partial charge on any atom is 0.319 e. The maximum absolute atomic E-state index is 11.9. The van der Waals surface area contributed by atoms with Crippen LogP contribution in [0.15, 0.2) is 18.2 Å². The van der Waals surface area contributed by atoms with Crippen LogP contribution in [0, 0.1) is 12.8 Å². The Morgan fingerprint density at radius 1 is 1.45 bits per heavy atom. The van der Waals surface area contributed by atoms with Crippen molar-refractivity contribution in [2.45, 2.75) is 32.2 Å². The lowest BCUT2D eigenvalue weighted by Gasteiger charge is -2.17. The number of hydrogen-bond donors (Lipinski definition) is 3. The van der Waals surface area contributed by atoms with E-state index in [2.05, 4.69) is 10.6 Å². The summed E-state index contributed by atoms with van der Waals surface area (Å²) in [7, 11) is 0. The number of urea groups is 1. The van der Waals surface area contributed by atoms with Crippen molar-refractivity contribution in [2.75, 3.05) is 5.32 Å². The summed E-state index contributed by atoms with van der Waals surface area (Å²) in [6.45, 7) is 1.86. The highest BCUT2D eigenvalue weighted by atomic mass is 35.5. The van der Waals surface area contributed by atoms with E-state index in [1.165, 1.54) is 0 Å². The minimum Gasteiger partial charge on any atom is -0.481 e. The molecule has 2 amide bonds. The second kappa shape index (κ2) is 6.13. The largest absolute Gasteiger partial charge is 0.481 e. The third kappa shape index (κ3) is 4.13. The number of benzene rings is 1. The van der Waals surface area contributed by atoms with Gasteiger partial charge in [0.1, 0.15) is 0 Å². The Bertz CT molecular complexity index is 529. The molecule has 1 aromatic rings. The molecule has 1 aliphatic rings. The number of amides is 2. The lowest BCUT2D eigenvalue weighted by atomic mass is 10.1. The Labute approximate surface area is 122 Å². The summed E-state index contributed by atoms with van der Waals surface area (Å²) in [5.41, 5.74) is 1.52. The Kier molecular flexibility index (Phi) is 4.49. The van der Waals surface area contributed by atoms with E-state index in [0.29, 0.717) is 10.7 Å². The van der Waals surface area contributed by atoms with Gasteiger partial charge >= 0.3 is 12.0 Å². The number of aliphatic carboxylic acids is 1.